The fraction of sp³-hybridized carbons (Fsp3) is 0.167. The molecule has 5 nitrogen and oxygen atoms in total. The Morgan fingerprint density at radius 3 is 2.00 bits per heavy atom. The van der Waals surface area contributed by atoms with E-state index in [2.05, 4.69) is 5.10 Å². The number of sulfone groups is 1. The maximum atomic E-state index is 14.3. The number of ether oxygens (including phenoxy) is 1. The molecule has 0 saturated heterocycles. The molecule has 0 radical (unpaired) electrons. The summed E-state index contributed by atoms with van der Waals surface area (Å²) in [6, 6.07) is 7.69. The third-order valence-electron chi connectivity index (χ3n) is 3.98. The zero-order valence-electron chi connectivity index (χ0n) is 15.0. The van der Waals surface area contributed by atoms with E-state index in [9.17, 15) is 30.4 Å². The molecule has 0 unspecified atom stereocenters. The highest BCUT2D eigenvalue weighted by Gasteiger charge is 2.35. The van der Waals surface area contributed by atoms with Gasteiger partial charge in [-0.25, -0.2) is 21.9 Å². The Labute approximate surface area is 162 Å². The van der Waals surface area contributed by atoms with Gasteiger partial charge in [0.2, 0.25) is 0 Å². The van der Waals surface area contributed by atoms with Crippen molar-refractivity contribution < 1.29 is 35.1 Å². The van der Waals surface area contributed by atoms with Crippen LogP contribution in [0.5, 0.6) is 5.75 Å². The van der Waals surface area contributed by atoms with Crippen LogP contribution in [0.4, 0.5) is 22.0 Å². The Morgan fingerprint density at radius 1 is 1.00 bits per heavy atom. The summed E-state index contributed by atoms with van der Waals surface area (Å²) >= 11 is 0. The van der Waals surface area contributed by atoms with Gasteiger partial charge in [-0.3, -0.25) is 0 Å². The quantitative estimate of drug-likeness (QED) is 0.579. The number of nitrogens with zero attached hydrogens (tertiary/aromatic N) is 2. The third-order valence-corrected chi connectivity index (χ3v) is 5.11. The van der Waals surface area contributed by atoms with E-state index in [0.717, 1.165) is 4.68 Å². The molecule has 29 heavy (non-hydrogen) atoms. The number of methoxy groups -OCH3 is 1. The molecule has 1 aromatic heterocycles. The van der Waals surface area contributed by atoms with Crippen LogP contribution in [0.2, 0.25) is 0 Å². The zero-order valence-corrected chi connectivity index (χ0v) is 15.8. The van der Waals surface area contributed by atoms with E-state index in [1.54, 1.807) is 0 Å². The predicted octanol–water partition coefficient (Wildman–Crippen LogP) is 4.25. The smallest absolute Gasteiger partial charge is 0.435 e. The van der Waals surface area contributed by atoms with E-state index in [1.807, 2.05) is 0 Å². The Balaban J connectivity index is 2.24. The van der Waals surface area contributed by atoms with Crippen LogP contribution in [0.25, 0.3) is 16.9 Å². The van der Waals surface area contributed by atoms with E-state index < -0.39 is 38.2 Å². The van der Waals surface area contributed by atoms with Crippen LogP contribution in [-0.2, 0) is 16.0 Å². The minimum absolute atomic E-state index is 0.171. The number of halogens is 5. The van der Waals surface area contributed by atoms with Gasteiger partial charge >= 0.3 is 6.18 Å². The van der Waals surface area contributed by atoms with Crippen molar-refractivity contribution in [1.82, 2.24) is 9.78 Å². The van der Waals surface area contributed by atoms with Gasteiger partial charge in [0.05, 0.1) is 18.5 Å². The molecule has 0 aliphatic rings. The van der Waals surface area contributed by atoms with Gasteiger partial charge in [0.1, 0.15) is 22.3 Å². The molecule has 11 heteroatoms. The molecule has 3 aromatic rings. The van der Waals surface area contributed by atoms with Crippen molar-refractivity contribution in [2.45, 2.75) is 11.1 Å². The first-order valence-electron chi connectivity index (χ1n) is 7.93. The molecule has 0 bridgehead atoms. The second kappa shape index (κ2) is 7.14. The summed E-state index contributed by atoms with van der Waals surface area (Å²) in [5.74, 6) is -2.40. The van der Waals surface area contributed by atoms with Crippen LogP contribution >= 0.6 is 0 Å². The number of alkyl halides is 3. The average molecular weight is 432 g/mol. The lowest BCUT2D eigenvalue weighted by Crippen LogP contribution is -2.07. The van der Waals surface area contributed by atoms with E-state index in [-0.39, 0.29) is 16.9 Å². The van der Waals surface area contributed by atoms with Crippen molar-refractivity contribution >= 4 is 9.84 Å². The molecule has 3 rings (SSSR count). The van der Waals surface area contributed by atoms with Gasteiger partial charge < -0.3 is 4.74 Å². The molecular weight excluding hydrogens is 419 g/mol. The van der Waals surface area contributed by atoms with Crippen LogP contribution in [-0.4, -0.2) is 31.6 Å². The summed E-state index contributed by atoms with van der Waals surface area (Å²) in [7, 11) is -2.81. The molecule has 1 heterocycles. The lowest BCUT2D eigenvalue weighted by molar-refractivity contribution is -0.141. The Hall–Kier alpha value is -2.95. The van der Waals surface area contributed by atoms with Gasteiger partial charge in [-0.2, -0.15) is 18.3 Å². The van der Waals surface area contributed by atoms with Gasteiger partial charge in [-0.15, -0.1) is 0 Å². The fourth-order valence-electron chi connectivity index (χ4n) is 2.71. The lowest BCUT2D eigenvalue weighted by atomic mass is 10.1. The molecular formula is C18H13F5N2O3S. The number of benzene rings is 2. The maximum Gasteiger partial charge on any atom is 0.435 e. The molecule has 0 saturated carbocycles. The van der Waals surface area contributed by atoms with Crippen molar-refractivity contribution in [3.05, 3.63) is 59.8 Å². The Morgan fingerprint density at radius 2 is 1.55 bits per heavy atom. The van der Waals surface area contributed by atoms with Crippen molar-refractivity contribution in [2.75, 3.05) is 13.4 Å². The highest BCUT2D eigenvalue weighted by Crippen LogP contribution is 2.35. The van der Waals surface area contributed by atoms with Gasteiger partial charge in [0.25, 0.3) is 0 Å². The first-order chi connectivity index (χ1) is 13.4. The van der Waals surface area contributed by atoms with Crippen LogP contribution in [0.15, 0.2) is 47.4 Å². The van der Waals surface area contributed by atoms with Crippen LogP contribution < -0.4 is 4.74 Å². The van der Waals surface area contributed by atoms with Gasteiger partial charge in [-0.05, 0) is 42.5 Å². The van der Waals surface area contributed by atoms with Gasteiger partial charge in [-0.1, -0.05) is 0 Å². The van der Waals surface area contributed by atoms with Crippen molar-refractivity contribution in [2.24, 2.45) is 0 Å². The van der Waals surface area contributed by atoms with E-state index in [4.69, 9.17) is 4.74 Å². The largest absolute Gasteiger partial charge is 0.497 e. The normalized spacial score (nSPS) is 12.2. The Kier molecular flexibility index (Phi) is 5.11. The maximum absolute atomic E-state index is 14.3. The minimum atomic E-state index is -4.81. The highest BCUT2D eigenvalue weighted by atomic mass is 32.2. The van der Waals surface area contributed by atoms with Crippen molar-refractivity contribution in [1.29, 1.82) is 0 Å². The number of rotatable bonds is 4. The van der Waals surface area contributed by atoms with E-state index in [0.29, 0.717) is 30.2 Å². The van der Waals surface area contributed by atoms with Crippen molar-refractivity contribution in [3.63, 3.8) is 0 Å². The molecule has 0 atom stereocenters. The molecule has 0 spiro atoms. The average Bonchev–Trinajstić information content (AvgIpc) is 3.05. The van der Waals surface area contributed by atoms with Crippen LogP contribution in [0.3, 0.4) is 0 Å². The summed E-state index contributed by atoms with van der Waals surface area (Å²) in [5.41, 5.74) is -1.70. The molecule has 0 aliphatic heterocycles. The third kappa shape index (κ3) is 4.09. The first kappa shape index (κ1) is 20.8. The number of hydrogen-bond donors (Lipinski definition) is 0. The molecule has 0 fully saturated rings. The Bertz CT molecular complexity index is 1150. The molecule has 2 aromatic carbocycles. The van der Waals surface area contributed by atoms with Crippen LogP contribution in [0, 0.1) is 11.6 Å². The number of hydrogen-bond acceptors (Lipinski definition) is 4. The lowest BCUT2D eigenvalue weighted by Gasteiger charge is -2.10. The molecule has 0 amide bonds. The second-order valence-electron chi connectivity index (χ2n) is 6.06. The van der Waals surface area contributed by atoms with Crippen LogP contribution in [0.1, 0.15) is 5.69 Å². The fourth-order valence-corrected chi connectivity index (χ4v) is 3.53. The second-order valence-corrected chi connectivity index (χ2v) is 8.02. The topological polar surface area (TPSA) is 61.2 Å². The van der Waals surface area contributed by atoms with Gasteiger partial charge in [0, 0.05) is 11.8 Å². The molecule has 154 valence electrons. The summed E-state index contributed by atoms with van der Waals surface area (Å²) in [4.78, 5) is -1.16. The zero-order chi connectivity index (χ0) is 21.6. The SMILES string of the molecule is COc1ccc(-n2nc(C(F)(F)F)cc2-c2cc(F)c(S(C)(=O)=O)c(F)c2)cc1. The minimum Gasteiger partial charge on any atom is -0.497 e. The highest BCUT2D eigenvalue weighted by molar-refractivity contribution is 7.90. The van der Waals surface area contributed by atoms with Gasteiger partial charge in [0.15, 0.2) is 15.5 Å². The standard InChI is InChI=1S/C18H13F5N2O3S/c1-28-12-5-3-11(4-6-12)25-15(9-16(24-25)18(21,22)23)10-7-13(19)17(14(20)8-10)29(2,26)27/h3-9H,1-2H3. The van der Waals surface area contributed by atoms with E-state index in [1.165, 1.54) is 31.4 Å². The first-order valence-corrected chi connectivity index (χ1v) is 9.82. The van der Waals surface area contributed by atoms with E-state index >= 15 is 0 Å². The summed E-state index contributed by atoms with van der Waals surface area (Å²) in [6.07, 6.45) is -4.19. The van der Waals surface area contributed by atoms with Crippen molar-refractivity contribution in [3.8, 4) is 22.7 Å². The summed E-state index contributed by atoms with van der Waals surface area (Å²) in [6.45, 7) is 0. The summed E-state index contributed by atoms with van der Waals surface area (Å²) in [5, 5.41) is 3.50. The molecule has 0 aliphatic carbocycles. The summed E-state index contributed by atoms with van der Waals surface area (Å²) < 4.78 is 97.1. The number of aromatic nitrogens is 2. The monoisotopic (exact) mass is 432 g/mol. The predicted molar refractivity (Wildman–Crippen MR) is 93.6 cm³/mol. The molecule has 0 N–H and O–H groups in total.